The van der Waals surface area contributed by atoms with Crippen molar-refractivity contribution in [3.63, 3.8) is 0 Å². The third-order valence-corrected chi connectivity index (χ3v) is 9.47. The van der Waals surface area contributed by atoms with E-state index in [-0.39, 0.29) is 62.7 Å². The molecular weight excluding hydrogens is 645 g/mol. The lowest BCUT2D eigenvalue weighted by Gasteiger charge is -2.31. The number of anilines is 2. The number of H-pyrrole nitrogens is 1. The van der Waals surface area contributed by atoms with Crippen molar-refractivity contribution in [1.29, 1.82) is 0 Å². The molecule has 4 N–H and O–H groups in total. The predicted octanol–water partition coefficient (Wildman–Crippen LogP) is 3.62. The first-order valence-corrected chi connectivity index (χ1v) is 16.0. The number of hydrogen-bond acceptors (Lipinski definition) is 8. The summed E-state index contributed by atoms with van der Waals surface area (Å²) in [6.07, 6.45) is 5.08. The van der Waals surface area contributed by atoms with Crippen LogP contribution in [0.4, 0.5) is 11.4 Å². The van der Waals surface area contributed by atoms with Crippen LogP contribution in [0.15, 0.2) is 59.6 Å². The van der Waals surface area contributed by atoms with Gasteiger partial charge in [-0.2, -0.15) is 9.40 Å². The number of sulfonamides is 1. The molecule has 1 aromatic heterocycles. The van der Waals surface area contributed by atoms with Crippen LogP contribution >= 0.6 is 23.2 Å². The number of likely N-dealkylation sites (N-methyl/N-ethyl adjacent to an activating group) is 1. The van der Waals surface area contributed by atoms with Gasteiger partial charge in [-0.05, 0) is 57.3 Å². The van der Waals surface area contributed by atoms with Crippen LogP contribution in [0.3, 0.4) is 0 Å². The number of aromatic nitrogens is 2. The number of amides is 3. The molecule has 0 saturated carbocycles. The van der Waals surface area contributed by atoms with Crippen molar-refractivity contribution in [2.75, 3.05) is 51.5 Å². The second-order valence-electron chi connectivity index (χ2n) is 10.4. The van der Waals surface area contributed by atoms with E-state index in [4.69, 9.17) is 27.9 Å². The molecule has 0 atom stereocenters. The number of nitrogens with zero attached hydrogens (tertiary/aromatic N) is 3. The molecule has 1 fully saturated rings. The van der Waals surface area contributed by atoms with Crippen LogP contribution in [0, 0.1) is 0 Å². The summed E-state index contributed by atoms with van der Waals surface area (Å²) in [5.41, 5.74) is 0.441. The number of aromatic amines is 1. The highest BCUT2D eigenvalue weighted by molar-refractivity contribution is 7.89. The fourth-order valence-corrected chi connectivity index (χ4v) is 6.71. The summed E-state index contributed by atoms with van der Waals surface area (Å²) in [4.78, 5) is 40.2. The van der Waals surface area contributed by atoms with Gasteiger partial charge in [-0.3, -0.25) is 19.5 Å². The number of halogens is 2. The highest BCUT2D eigenvalue weighted by Gasteiger charge is 2.31. The van der Waals surface area contributed by atoms with Crippen molar-refractivity contribution in [1.82, 2.24) is 24.7 Å². The Morgan fingerprint density at radius 2 is 1.84 bits per heavy atom. The Bertz CT molecular complexity index is 1700. The average Bonchev–Trinajstić information content (AvgIpc) is 3.45. The van der Waals surface area contributed by atoms with Crippen molar-refractivity contribution in [2.45, 2.75) is 23.8 Å². The van der Waals surface area contributed by atoms with Crippen LogP contribution in [0.2, 0.25) is 10.0 Å². The Hall–Kier alpha value is -3.95. The minimum atomic E-state index is -3.85. The van der Waals surface area contributed by atoms with Crippen LogP contribution in [0.1, 0.15) is 33.7 Å². The lowest BCUT2D eigenvalue weighted by molar-refractivity contribution is -0.111. The quantitative estimate of drug-likeness (QED) is 0.223. The first kappa shape index (κ1) is 33.9. The van der Waals surface area contributed by atoms with Crippen LogP contribution in [0.25, 0.3) is 0 Å². The van der Waals surface area contributed by atoms with Gasteiger partial charge in [0.15, 0.2) is 0 Å². The third kappa shape index (κ3) is 8.41. The monoisotopic (exact) mass is 677 g/mol. The third-order valence-electron chi connectivity index (χ3n) is 6.89. The SMILES string of the molecule is COc1ccc(Cl)c(C(=O)Nc2cn[nH]c2C(=O)NC2CCN(S(=O)(=O)c3cccc(NC(=O)C=CCN(C)C)c3)CC2)c1Cl. The van der Waals surface area contributed by atoms with Gasteiger partial charge in [0.2, 0.25) is 15.9 Å². The summed E-state index contributed by atoms with van der Waals surface area (Å²) in [5, 5.41) is 14.7. The predicted molar refractivity (Wildman–Crippen MR) is 172 cm³/mol. The molecule has 45 heavy (non-hydrogen) atoms. The number of benzene rings is 2. The highest BCUT2D eigenvalue weighted by Crippen LogP contribution is 2.34. The molecule has 0 unspecified atom stereocenters. The van der Waals surface area contributed by atoms with E-state index in [1.54, 1.807) is 18.2 Å². The smallest absolute Gasteiger partial charge is 0.271 e. The summed E-state index contributed by atoms with van der Waals surface area (Å²) in [5.74, 6) is -1.30. The van der Waals surface area contributed by atoms with E-state index in [0.29, 0.717) is 25.1 Å². The van der Waals surface area contributed by atoms with E-state index in [1.807, 2.05) is 19.0 Å². The molecule has 0 spiro atoms. The first-order valence-electron chi connectivity index (χ1n) is 13.8. The molecule has 2 heterocycles. The molecule has 0 aliphatic carbocycles. The fourth-order valence-electron chi connectivity index (χ4n) is 4.57. The molecule has 16 heteroatoms. The minimum Gasteiger partial charge on any atom is -0.495 e. The Morgan fingerprint density at radius 3 is 2.53 bits per heavy atom. The summed E-state index contributed by atoms with van der Waals surface area (Å²) in [7, 11) is 1.31. The van der Waals surface area contributed by atoms with Crippen molar-refractivity contribution >= 4 is 62.3 Å². The Balaban J connectivity index is 1.35. The standard InChI is InChI=1S/C29H33Cl2N7O6S/c1-37(2)13-5-8-24(39)33-19-6-4-7-20(16-19)45(42,43)38-14-11-18(12-15-38)34-29(41)27-22(17-32-36-27)35-28(40)25-21(30)9-10-23(44-3)26(25)31/h4-10,16-18H,11-15H2,1-3H3,(H,32,36)(H,33,39)(H,34,41)(H,35,40). The number of ether oxygens (including phenoxy) is 1. The number of carbonyl (C=O) groups excluding carboxylic acids is 3. The van der Waals surface area contributed by atoms with Gasteiger partial charge in [-0.1, -0.05) is 35.3 Å². The van der Waals surface area contributed by atoms with E-state index in [1.165, 1.54) is 48.0 Å². The molecule has 3 amide bonds. The summed E-state index contributed by atoms with van der Waals surface area (Å²) >= 11 is 12.5. The molecule has 0 radical (unpaired) electrons. The summed E-state index contributed by atoms with van der Waals surface area (Å²) in [6, 6.07) is 8.73. The molecule has 4 rings (SSSR count). The molecule has 240 valence electrons. The molecule has 3 aromatic rings. The van der Waals surface area contributed by atoms with Gasteiger partial charge in [0, 0.05) is 37.4 Å². The maximum atomic E-state index is 13.4. The van der Waals surface area contributed by atoms with Crippen molar-refractivity contribution in [3.8, 4) is 5.75 Å². The van der Waals surface area contributed by atoms with E-state index in [0.717, 1.165) is 0 Å². The van der Waals surface area contributed by atoms with Gasteiger partial charge in [0.25, 0.3) is 11.8 Å². The molecule has 1 aliphatic rings. The lowest BCUT2D eigenvalue weighted by atomic mass is 10.1. The number of hydrogen-bond donors (Lipinski definition) is 4. The van der Waals surface area contributed by atoms with Crippen LogP contribution < -0.4 is 20.7 Å². The van der Waals surface area contributed by atoms with Gasteiger partial charge in [0.1, 0.15) is 11.4 Å². The van der Waals surface area contributed by atoms with Crippen molar-refractivity contribution in [2.24, 2.45) is 0 Å². The summed E-state index contributed by atoms with van der Waals surface area (Å²) < 4.78 is 33.2. The first-order chi connectivity index (χ1) is 21.4. The number of methoxy groups -OCH3 is 1. The molecule has 1 aliphatic heterocycles. The second-order valence-corrected chi connectivity index (χ2v) is 13.1. The topological polar surface area (TPSA) is 166 Å². The van der Waals surface area contributed by atoms with Crippen LogP contribution in [-0.2, 0) is 14.8 Å². The Morgan fingerprint density at radius 1 is 1.11 bits per heavy atom. The lowest BCUT2D eigenvalue weighted by Crippen LogP contribution is -2.46. The van der Waals surface area contributed by atoms with Gasteiger partial charge in [-0.25, -0.2) is 8.42 Å². The Labute approximate surface area is 270 Å². The average molecular weight is 679 g/mol. The van der Waals surface area contributed by atoms with E-state index in [2.05, 4.69) is 26.1 Å². The minimum absolute atomic E-state index is 0.00367. The van der Waals surface area contributed by atoms with Gasteiger partial charge < -0.3 is 25.6 Å². The number of carbonyl (C=O) groups is 3. The van der Waals surface area contributed by atoms with Crippen LogP contribution in [-0.4, -0.2) is 92.4 Å². The number of nitrogens with one attached hydrogen (secondary N) is 4. The van der Waals surface area contributed by atoms with Crippen molar-refractivity contribution < 1.29 is 27.5 Å². The molecular formula is C29H33Cl2N7O6S. The van der Waals surface area contributed by atoms with Gasteiger partial charge in [-0.15, -0.1) is 0 Å². The highest BCUT2D eigenvalue weighted by atomic mass is 35.5. The normalized spacial score (nSPS) is 14.4. The van der Waals surface area contributed by atoms with Crippen molar-refractivity contribution in [3.05, 3.63) is 76.0 Å². The fraction of sp³-hybridized carbons (Fsp3) is 0.310. The van der Waals surface area contributed by atoms with E-state index < -0.39 is 21.8 Å². The molecule has 1 saturated heterocycles. The Kier molecular flexibility index (Phi) is 11.2. The number of piperidine rings is 1. The largest absolute Gasteiger partial charge is 0.495 e. The zero-order valence-corrected chi connectivity index (χ0v) is 27.1. The molecule has 2 aromatic carbocycles. The van der Waals surface area contributed by atoms with E-state index >= 15 is 0 Å². The summed E-state index contributed by atoms with van der Waals surface area (Å²) in [6.45, 7) is 0.917. The molecule has 13 nitrogen and oxygen atoms in total. The molecule has 0 bridgehead atoms. The zero-order chi connectivity index (χ0) is 32.7. The number of rotatable bonds is 11. The van der Waals surface area contributed by atoms with E-state index in [9.17, 15) is 22.8 Å². The zero-order valence-electron chi connectivity index (χ0n) is 24.8. The van der Waals surface area contributed by atoms with Gasteiger partial charge >= 0.3 is 0 Å². The second kappa shape index (κ2) is 14.9. The maximum Gasteiger partial charge on any atom is 0.271 e. The van der Waals surface area contributed by atoms with Gasteiger partial charge in [0.05, 0.1) is 39.5 Å². The maximum absolute atomic E-state index is 13.4. The van der Waals surface area contributed by atoms with Crippen LogP contribution in [0.5, 0.6) is 5.75 Å².